The molecule has 5 heteroatoms. The third-order valence-corrected chi connectivity index (χ3v) is 3.72. The molecule has 0 aliphatic heterocycles. The van der Waals surface area contributed by atoms with Gasteiger partial charge in [-0.3, -0.25) is 9.48 Å². The van der Waals surface area contributed by atoms with Gasteiger partial charge in [0.2, 0.25) is 5.78 Å². The van der Waals surface area contributed by atoms with E-state index < -0.39 is 5.54 Å². The van der Waals surface area contributed by atoms with E-state index >= 15 is 0 Å². The Morgan fingerprint density at radius 2 is 2.38 bits per heavy atom. The van der Waals surface area contributed by atoms with Gasteiger partial charge in [-0.25, -0.2) is 0 Å². The number of rotatable bonds is 4. The Hall–Kier alpha value is -0.680. The summed E-state index contributed by atoms with van der Waals surface area (Å²) < 4.78 is 2.50. The molecule has 0 bridgehead atoms. The van der Waals surface area contributed by atoms with Crippen LogP contribution in [-0.4, -0.2) is 21.1 Å². The van der Waals surface area contributed by atoms with Crippen molar-refractivity contribution in [3.05, 3.63) is 16.4 Å². The molecule has 2 rings (SSSR count). The highest BCUT2D eigenvalue weighted by atomic mass is 79.9. The van der Waals surface area contributed by atoms with E-state index in [1.54, 1.807) is 10.9 Å². The van der Waals surface area contributed by atoms with E-state index in [0.717, 1.165) is 36.7 Å². The minimum absolute atomic E-state index is 0.0246. The van der Waals surface area contributed by atoms with Gasteiger partial charge in [-0.15, -0.1) is 0 Å². The molecule has 0 radical (unpaired) electrons. The highest BCUT2D eigenvalue weighted by molar-refractivity contribution is 9.10. The number of ketones is 1. The van der Waals surface area contributed by atoms with E-state index in [1.165, 1.54) is 0 Å². The average molecular weight is 286 g/mol. The molecule has 16 heavy (non-hydrogen) atoms. The van der Waals surface area contributed by atoms with Crippen LogP contribution < -0.4 is 5.73 Å². The Bertz CT molecular complexity index is 409. The highest BCUT2D eigenvalue weighted by Crippen LogP contribution is 2.34. The van der Waals surface area contributed by atoms with Crippen LogP contribution in [0, 0.1) is 0 Å². The van der Waals surface area contributed by atoms with E-state index in [2.05, 4.69) is 28.0 Å². The van der Waals surface area contributed by atoms with Gasteiger partial charge >= 0.3 is 0 Å². The molecule has 0 saturated heterocycles. The van der Waals surface area contributed by atoms with Gasteiger partial charge in [-0.05, 0) is 41.6 Å². The first-order chi connectivity index (χ1) is 7.58. The molecule has 2 N–H and O–H groups in total. The number of aromatic nitrogens is 2. The van der Waals surface area contributed by atoms with Crippen LogP contribution in [-0.2, 0) is 6.54 Å². The van der Waals surface area contributed by atoms with E-state index in [1.807, 2.05) is 0 Å². The topological polar surface area (TPSA) is 60.9 Å². The maximum atomic E-state index is 12.3. The number of nitrogens with zero attached hydrogens (tertiary/aromatic N) is 2. The van der Waals surface area contributed by atoms with E-state index in [9.17, 15) is 4.79 Å². The monoisotopic (exact) mass is 285 g/mol. The van der Waals surface area contributed by atoms with Crippen molar-refractivity contribution in [1.29, 1.82) is 0 Å². The zero-order chi connectivity index (χ0) is 11.8. The summed E-state index contributed by atoms with van der Waals surface area (Å²) >= 11 is 3.37. The molecule has 1 aromatic heterocycles. The lowest BCUT2D eigenvalue weighted by atomic mass is 9.73. The number of halogens is 1. The van der Waals surface area contributed by atoms with Crippen LogP contribution in [0.15, 0.2) is 10.7 Å². The van der Waals surface area contributed by atoms with Crippen LogP contribution >= 0.6 is 15.9 Å². The van der Waals surface area contributed by atoms with Crippen molar-refractivity contribution in [3.8, 4) is 0 Å². The molecule has 4 nitrogen and oxygen atoms in total. The van der Waals surface area contributed by atoms with E-state index in [4.69, 9.17) is 5.73 Å². The number of nitrogens with two attached hydrogens (primary N) is 1. The average Bonchev–Trinajstić information content (AvgIpc) is 2.56. The molecular weight excluding hydrogens is 270 g/mol. The lowest BCUT2D eigenvalue weighted by molar-refractivity contribution is 0.0787. The van der Waals surface area contributed by atoms with Gasteiger partial charge in [0.15, 0.2) is 0 Å². The van der Waals surface area contributed by atoms with Crippen LogP contribution in [0.3, 0.4) is 0 Å². The third-order valence-electron chi connectivity index (χ3n) is 3.14. The standard InChI is InChI=1S/C11H16BrN3O/c1-2-6-15-9(8(12)7-14-15)10(16)11(13)4-3-5-11/h7H,2-6,13H2,1H3. The van der Waals surface area contributed by atoms with Crippen LogP contribution in [0.2, 0.25) is 0 Å². The molecular formula is C11H16BrN3O. The Labute approximate surface area is 103 Å². The highest BCUT2D eigenvalue weighted by Gasteiger charge is 2.42. The zero-order valence-corrected chi connectivity index (χ0v) is 11.0. The number of aryl methyl sites for hydroxylation is 1. The van der Waals surface area contributed by atoms with E-state index in [0.29, 0.717) is 5.69 Å². The van der Waals surface area contributed by atoms with Gasteiger partial charge < -0.3 is 5.73 Å². The molecule has 0 spiro atoms. The maximum absolute atomic E-state index is 12.3. The maximum Gasteiger partial charge on any atom is 0.201 e. The summed E-state index contributed by atoms with van der Waals surface area (Å²) in [6, 6.07) is 0. The summed E-state index contributed by atoms with van der Waals surface area (Å²) in [5.41, 5.74) is 6.04. The number of Topliss-reactive ketones (excluding diaryl/α,β-unsaturated/α-hetero) is 1. The summed E-state index contributed by atoms with van der Waals surface area (Å²) in [5.74, 6) is 0.0246. The van der Waals surface area contributed by atoms with Gasteiger partial charge in [0, 0.05) is 6.54 Å². The molecule has 1 saturated carbocycles. The largest absolute Gasteiger partial charge is 0.319 e. The van der Waals surface area contributed by atoms with Gasteiger partial charge in [0.1, 0.15) is 5.69 Å². The van der Waals surface area contributed by atoms with Crippen LogP contribution in [0.1, 0.15) is 43.1 Å². The van der Waals surface area contributed by atoms with Crippen molar-refractivity contribution < 1.29 is 4.79 Å². The lowest BCUT2D eigenvalue weighted by Crippen LogP contribution is -2.54. The second kappa shape index (κ2) is 4.30. The second-order valence-electron chi connectivity index (χ2n) is 4.40. The first kappa shape index (κ1) is 11.8. The summed E-state index contributed by atoms with van der Waals surface area (Å²) in [6.45, 7) is 2.81. The predicted octanol–water partition coefficient (Wildman–Crippen LogP) is 2.12. The minimum atomic E-state index is -0.645. The quantitative estimate of drug-likeness (QED) is 0.862. The van der Waals surface area contributed by atoms with Crippen molar-refractivity contribution in [2.45, 2.75) is 44.7 Å². The molecule has 0 amide bonds. The molecule has 0 unspecified atom stereocenters. The van der Waals surface area contributed by atoms with Gasteiger partial charge in [-0.2, -0.15) is 5.10 Å². The summed E-state index contributed by atoms with van der Waals surface area (Å²) in [5, 5.41) is 4.19. The molecule has 0 aromatic carbocycles. The van der Waals surface area contributed by atoms with Gasteiger partial charge in [-0.1, -0.05) is 6.92 Å². The Kier molecular flexibility index (Phi) is 3.17. The van der Waals surface area contributed by atoms with Crippen molar-refractivity contribution >= 4 is 21.7 Å². The number of hydrogen-bond donors (Lipinski definition) is 1. The first-order valence-electron chi connectivity index (χ1n) is 5.63. The molecule has 1 heterocycles. The van der Waals surface area contributed by atoms with Crippen molar-refractivity contribution in [1.82, 2.24) is 9.78 Å². The minimum Gasteiger partial charge on any atom is -0.319 e. The Balaban J connectivity index is 2.31. The molecule has 0 atom stereocenters. The van der Waals surface area contributed by atoms with Gasteiger partial charge in [0.25, 0.3) is 0 Å². The Morgan fingerprint density at radius 1 is 1.69 bits per heavy atom. The van der Waals surface area contributed by atoms with E-state index in [-0.39, 0.29) is 5.78 Å². The van der Waals surface area contributed by atoms with Crippen molar-refractivity contribution in [3.63, 3.8) is 0 Å². The second-order valence-corrected chi connectivity index (χ2v) is 5.26. The number of carbonyl (C=O) groups excluding carboxylic acids is 1. The smallest absolute Gasteiger partial charge is 0.201 e. The SMILES string of the molecule is CCCn1ncc(Br)c1C(=O)C1(N)CCC1. The van der Waals surface area contributed by atoms with Crippen molar-refractivity contribution in [2.24, 2.45) is 5.73 Å². The summed E-state index contributed by atoms with van der Waals surface area (Å²) in [4.78, 5) is 12.3. The molecule has 1 aliphatic carbocycles. The third kappa shape index (κ3) is 1.82. The Morgan fingerprint density at radius 3 is 2.88 bits per heavy atom. The fourth-order valence-electron chi connectivity index (χ4n) is 1.99. The molecule has 1 aliphatic rings. The predicted molar refractivity (Wildman–Crippen MR) is 65.3 cm³/mol. The lowest BCUT2D eigenvalue weighted by Gasteiger charge is -2.36. The number of hydrogen-bond acceptors (Lipinski definition) is 3. The van der Waals surface area contributed by atoms with Crippen LogP contribution in [0.4, 0.5) is 0 Å². The fourth-order valence-corrected chi connectivity index (χ4v) is 2.47. The van der Waals surface area contributed by atoms with Crippen LogP contribution in [0.25, 0.3) is 0 Å². The molecule has 1 fully saturated rings. The van der Waals surface area contributed by atoms with Gasteiger partial charge in [0.05, 0.1) is 16.2 Å². The fraction of sp³-hybridized carbons (Fsp3) is 0.636. The summed E-state index contributed by atoms with van der Waals surface area (Å²) in [7, 11) is 0. The number of carbonyl (C=O) groups is 1. The van der Waals surface area contributed by atoms with Crippen molar-refractivity contribution in [2.75, 3.05) is 0 Å². The first-order valence-corrected chi connectivity index (χ1v) is 6.43. The zero-order valence-electron chi connectivity index (χ0n) is 9.37. The molecule has 1 aromatic rings. The normalized spacial score (nSPS) is 18.2. The summed E-state index contributed by atoms with van der Waals surface area (Å²) in [6.07, 6.45) is 5.24. The molecule has 88 valence electrons. The van der Waals surface area contributed by atoms with Crippen LogP contribution in [0.5, 0.6) is 0 Å².